The molecule has 172 valence electrons. The standard InChI is InChI=1S/C24H31N3O5/c1-3-32-22-7-5-4-6-20(22)24(29)26-17-23(28)25-16-21(27-12-14-31-15-13-27)18-8-10-19(30-2)11-9-18/h4-11,21H,3,12-17H2,1-2H3,(H,25,28)(H,26,29)/t21-/m1/s1. The highest BCUT2D eigenvalue weighted by molar-refractivity contribution is 5.98. The first-order valence-electron chi connectivity index (χ1n) is 10.8. The van der Waals surface area contributed by atoms with Gasteiger partial charge < -0.3 is 24.8 Å². The minimum absolute atomic E-state index is 0.00291. The zero-order chi connectivity index (χ0) is 22.8. The summed E-state index contributed by atoms with van der Waals surface area (Å²) in [6.07, 6.45) is 0. The van der Waals surface area contributed by atoms with E-state index >= 15 is 0 Å². The van der Waals surface area contributed by atoms with Crippen molar-refractivity contribution in [2.75, 3.05) is 53.1 Å². The highest BCUT2D eigenvalue weighted by atomic mass is 16.5. The Morgan fingerprint density at radius 2 is 1.78 bits per heavy atom. The molecule has 32 heavy (non-hydrogen) atoms. The van der Waals surface area contributed by atoms with E-state index < -0.39 is 0 Å². The molecule has 0 aliphatic carbocycles. The fourth-order valence-electron chi connectivity index (χ4n) is 3.64. The Balaban J connectivity index is 1.58. The normalized spacial score (nSPS) is 14.9. The summed E-state index contributed by atoms with van der Waals surface area (Å²) in [5, 5.41) is 5.63. The number of nitrogens with zero attached hydrogens (tertiary/aromatic N) is 1. The molecule has 0 saturated carbocycles. The number of carbonyl (C=O) groups excluding carboxylic acids is 2. The van der Waals surface area contributed by atoms with Crippen molar-refractivity contribution in [2.24, 2.45) is 0 Å². The fraction of sp³-hybridized carbons (Fsp3) is 0.417. The molecule has 2 amide bonds. The van der Waals surface area contributed by atoms with E-state index in [2.05, 4.69) is 15.5 Å². The first kappa shape index (κ1) is 23.6. The molecule has 1 aliphatic heterocycles. The van der Waals surface area contributed by atoms with Crippen LogP contribution in [-0.4, -0.2) is 69.8 Å². The second-order valence-corrected chi connectivity index (χ2v) is 7.35. The molecule has 8 nitrogen and oxygen atoms in total. The highest BCUT2D eigenvalue weighted by Crippen LogP contribution is 2.23. The van der Waals surface area contributed by atoms with Crippen LogP contribution in [0.3, 0.4) is 0 Å². The van der Waals surface area contributed by atoms with Crippen LogP contribution in [0.2, 0.25) is 0 Å². The maximum atomic E-state index is 12.5. The average molecular weight is 442 g/mol. The zero-order valence-corrected chi connectivity index (χ0v) is 18.6. The minimum atomic E-state index is -0.343. The van der Waals surface area contributed by atoms with Gasteiger partial charge in [-0.2, -0.15) is 0 Å². The molecule has 1 aliphatic rings. The van der Waals surface area contributed by atoms with Gasteiger partial charge in [0.25, 0.3) is 5.91 Å². The number of hydrogen-bond donors (Lipinski definition) is 2. The van der Waals surface area contributed by atoms with Crippen LogP contribution in [0.15, 0.2) is 48.5 Å². The molecule has 1 fully saturated rings. The molecule has 0 spiro atoms. The number of nitrogens with one attached hydrogen (secondary N) is 2. The number of para-hydroxylation sites is 1. The average Bonchev–Trinajstić information content (AvgIpc) is 2.84. The van der Waals surface area contributed by atoms with Crippen LogP contribution in [0.5, 0.6) is 11.5 Å². The molecule has 1 atom stereocenters. The smallest absolute Gasteiger partial charge is 0.255 e. The first-order chi connectivity index (χ1) is 15.6. The number of morpholine rings is 1. The topological polar surface area (TPSA) is 89.1 Å². The molecule has 2 aromatic rings. The Morgan fingerprint density at radius 1 is 1.06 bits per heavy atom. The van der Waals surface area contributed by atoms with E-state index in [1.807, 2.05) is 31.2 Å². The van der Waals surface area contributed by atoms with Gasteiger partial charge in [-0.15, -0.1) is 0 Å². The molecule has 0 unspecified atom stereocenters. The van der Waals surface area contributed by atoms with Gasteiger partial charge in [0.15, 0.2) is 0 Å². The van der Waals surface area contributed by atoms with Crippen molar-refractivity contribution in [3.05, 3.63) is 59.7 Å². The molecule has 0 bridgehead atoms. The molecular weight excluding hydrogens is 410 g/mol. The van der Waals surface area contributed by atoms with Crippen LogP contribution in [0.25, 0.3) is 0 Å². The largest absolute Gasteiger partial charge is 0.497 e. The lowest BCUT2D eigenvalue weighted by atomic mass is 10.0. The van der Waals surface area contributed by atoms with E-state index in [4.69, 9.17) is 14.2 Å². The Morgan fingerprint density at radius 3 is 2.47 bits per heavy atom. The monoisotopic (exact) mass is 441 g/mol. The molecule has 1 saturated heterocycles. The Hall–Kier alpha value is -3.10. The summed E-state index contributed by atoms with van der Waals surface area (Å²) in [6.45, 7) is 5.53. The first-order valence-corrected chi connectivity index (χ1v) is 10.8. The van der Waals surface area contributed by atoms with Gasteiger partial charge in [0.2, 0.25) is 5.91 Å². The quantitative estimate of drug-likeness (QED) is 0.586. The van der Waals surface area contributed by atoms with Crippen molar-refractivity contribution in [1.82, 2.24) is 15.5 Å². The van der Waals surface area contributed by atoms with Gasteiger partial charge in [-0.3, -0.25) is 14.5 Å². The van der Waals surface area contributed by atoms with Crippen LogP contribution in [0.1, 0.15) is 28.9 Å². The van der Waals surface area contributed by atoms with Gasteiger partial charge in [-0.05, 0) is 36.8 Å². The van der Waals surface area contributed by atoms with E-state index in [0.29, 0.717) is 37.7 Å². The van der Waals surface area contributed by atoms with Gasteiger partial charge in [0.1, 0.15) is 11.5 Å². The van der Waals surface area contributed by atoms with E-state index in [0.717, 1.165) is 24.4 Å². The highest BCUT2D eigenvalue weighted by Gasteiger charge is 2.23. The molecule has 1 heterocycles. The van der Waals surface area contributed by atoms with Gasteiger partial charge in [-0.25, -0.2) is 0 Å². The zero-order valence-electron chi connectivity index (χ0n) is 18.6. The van der Waals surface area contributed by atoms with Crippen LogP contribution < -0.4 is 20.1 Å². The van der Waals surface area contributed by atoms with Crippen molar-refractivity contribution >= 4 is 11.8 Å². The summed E-state index contributed by atoms with van der Waals surface area (Å²) < 4.78 is 16.2. The van der Waals surface area contributed by atoms with Gasteiger partial charge in [0, 0.05) is 19.6 Å². The van der Waals surface area contributed by atoms with Crippen molar-refractivity contribution < 1.29 is 23.8 Å². The lowest BCUT2D eigenvalue weighted by Crippen LogP contribution is -2.45. The third-order valence-electron chi connectivity index (χ3n) is 5.32. The third kappa shape index (κ3) is 6.45. The number of benzene rings is 2. The Labute approximate surface area is 188 Å². The van der Waals surface area contributed by atoms with Crippen molar-refractivity contribution in [1.29, 1.82) is 0 Å². The summed E-state index contributed by atoms with van der Waals surface area (Å²) in [6, 6.07) is 14.8. The fourth-order valence-corrected chi connectivity index (χ4v) is 3.64. The van der Waals surface area contributed by atoms with E-state index in [1.54, 1.807) is 31.4 Å². The lowest BCUT2D eigenvalue weighted by Gasteiger charge is -2.35. The molecule has 8 heteroatoms. The summed E-state index contributed by atoms with van der Waals surface area (Å²) in [7, 11) is 1.63. The predicted molar refractivity (Wildman–Crippen MR) is 121 cm³/mol. The Kier molecular flexibility index (Phi) is 8.89. The van der Waals surface area contributed by atoms with Crippen molar-refractivity contribution in [2.45, 2.75) is 13.0 Å². The van der Waals surface area contributed by atoms with Crippen LogP contribution in [0, 0.1) is 0 Å². The van der Waals surface area contributed by atoms with Crippen LogP contribution in [-0.2, 0) is 9.53 Å². The number of carbonyl (C=O) groups is 2. The number of rotatable bonds is 10. The number of ether oxygens (including phenoxy) is 3. The van der Waals surface area contributed by atoms with E-state index in [-0.39, 0.29) is 24.4 Å². The number of hydrogen-bond acceptors (Lipinski definition) is 6. The minimum Gasteiger partial charge on any atom is -0.497 e. The molecule has 0 aromatic heterocycles. The molecule has 2 aromatic carbocycles. The summed E-state index contributed by atoms with van der Waals surface area (Å²) in [5.74, 6) is 0.691. The van der Waals surface area contributed by atoms with Gasteiger partial charge >= 0.3 is 0 Å². The summed E-state index contributed by atoms with van der Waals surface area (Å²) >= 11 is 0. The maximum Gasteiger partial charge on any atom is 0.255 e. The second kappa shape index (κ2) is 12.1. The number of methoxy groups -OCH3 is 1. The maximum absolute atomic E-state index is 12.5. The summed E-state index contributed by atoms with van der Waals surface area (Å²) in [4.78, 5) is 27.3. The van der Waals surface area contributed by atoms with Gasteiger partial charge in [0.05, 0.1) is 45.1 Å². The van der Waals surface area contributed by atoms with Crippen molar-refractivity contribution in [3.63, 3.8) is 0 Å². The van der Waals surface area contributed by atoms with Crippen molar-refractivity contribution in [3.8, 4) is 11.5 Å². The van der Waals surface area contributed by atoms with Gasteiger partial charge in [-0.1, -0.05) is 24.3 Å². The molecule has 2 N–H and O–H groups in total. The van der Waals surface area contributed by atoms with E-state index in [9.17, 15) is 9.59 Å². The van der Waals surface area contributed by atoms with Crippen LogP contribution in [0.4, 0.5) is 0 Å². The Bertz CT molecular complexity index is 881. The third-order valence-corrected chi connectivity index (χ3v) is 5.32. The summed E-state index contributed by atoms with van der Waals surface area (Å²) in [5.41, 5.74) is 1.49. The van der Waals surface area contributed by atoms with E-state index in [1.165, 1.54) is 0 Å². The predicted octanol–water partition coefficient (Wildman–Crippen LogP) is 2.01. The molecular formula is C24H31N3O5. The molecule has 3 rings (SSSR count). The second-order valence-electron chi connectivity index (χ2n) is 7.35. The van der Waals surface area contributed by atoms with Crippen LogP contribution >= 0.6 is 0 Å². The molecule has 0 radical (unpaired) electrons. The number of amides is 2. The SMILES string of the molecule is CCOc1ccccc1C(=O)NCC(=O)NC[C@H](c1ccc(OC)cc1)N1CCOCC1. The lowest BCUT2D eigenvalue weighted by molar-refractivity contribution is -0.120.